The fraction of sp³-hybridized carbons (Fsp3) is 0.0714. The molecule has 0 aliphatic heterocycles. The highest BCUT2D eigenvalue weighted by Gasteiger charge is 2.15. The minimum atomic E-state index is -0.726. The first-order chi connectivity index (χ1) is 9.88. The molecule has 2 aromatic rings. The number of nitrogens with two attached hydrogens (primary N) is 1. The molecule has 0 aromatic heterocycles. The van der Waals surface area contributed by atoms with E-state index >= 15 is 0 Å². The van der Waals surface area contributed by atoms with Gasteiger partial charge in [-0.2, -0.15) is 0 Å². The average Bonchev–Trinajstić information content (AvgIpc) is 2.41. The molecule has 7 heteroatoms. The Morgan fingerprint density at radius 2 is 1.86 bits per heavy atom. The predicted octanol–water partition coefficient (Wildman–Crippen LogP) is 4.43. The topological polar surface area (TPSA) is 52.3 Å². The largest absolute Gasteiger partial charge is 0.457 e. The van der Waals surface area contributed by atoms with Crippen LogP contribution in [0.2, 0.25) is 0 Å². The van der Waals surface area contributed by atoms with Gasteiger partial charge in [-0.25, -0.2) is 13.6 Å². The Kier molecular flexibility index (Phi) is 4.95. The summed E-state index contributed by atoms with van der Waals surface area (Å²) in [5.74, 6) is -1.86. The average molecular weight is 421 g/mol. The maximum Gasteiger partial charge on any atom is 0.339 e. The molecule has 0 radical (unpaired) electrons. The van der Waals surface area contributed by atoms with Crippen LogP contribution in [-0.2, 0) is 11.3 Å². The predicted molar refractivity (Wildman–Crippen MR) is 81.7 cm³/mol. The van der Waals surface area contributed by atoms with Crippen molar-refractivity contribution in [2.45, 2.75) is 6.61 Å². The van der Waals surface area contributed by atoms with E-state index in [-0.39, 0.29) is 27.9 Å². The summed E-state index contributed by atoms with van der Waals surface area (Å²) in [6, 6.07) is 6.65. The summed E-state index contributed by atoms with van der Waals surface area (Å²) in [5, 5.41) is 0. The SMILES string of the molecule is Nc1cc(C(=O)OCc2ccc(Br)cc2F)c(Br)cc1F. The minimum absolute atomic E-state index is 0.0754. The molecule has 110 valence electrons. The van der Waals surface area contributed by atoms with Crippen molar-refractivity contribution in [1.29, 1.82) is 0 Å². The standard InChI is InChI=1S/C14H9Br2F2NO2/c15-8-2-1-7(11(17)3-8)6-21-14(20)9-4-13(19)12(18)5-10(9)16/h1-5H,6,19H2. The van der Waals surface area contributed by atoms with Gasteiger partial charge in [0, 0.05) is 14.5 Å². The van der Waals surface area contributed by atoms with Gasteiger partial charge < -0.3 is 10.5 Å². The smallest absolute Gasteiger partial charge is 0.339 e. The summed E-state index contributed by atoms with van der Waals surface area (Å²) in [4.78, 5) is 11.9. The van der Waals surface area contributed by atoms with Gasteiger partial charge in [-0.3, -0.25) is 0 Å². The fourth-order valence-electron chi connectivity index (χ4n) is 1.58. The molecule has 2 N–H and O–H groups in total. The lowest BCUT2D eigenvalue weighted by Crippen LogP contribution is -2.08. The summed E-state index contributed by atoms with van der Waals surface area (Å²) in [7, 11) is 0. The number of esters is 1. The first-order valence-corrected chi connectivity index (χ1v) is 7.32. The summed E-state index contributed by atoms with van der Waals surface area (Å²) in [5.41, 5.74) is 5.55. The van der Waals surface area contributed by atoms with E-state index in [9.17, 15) is 13.6 Å². The molecular weight excluding hydrogens is 412 g/mol. The molecular formula is C14H9Br2F2NO2. The molecule has 0 saturated carbocycles. The summed E-state index contributed by atoms with van der Waals surface area (Å²) >= 11 is 6.19. The Balaban J connectivity index is 2.13. The maximum absolute atomic E-state index is 13.6. The summed E-state index contributed by atoms with van der Waals surface area (Å²) < 4.78 is 32.6. The van der Waals surface area contributed by atoms with E-state index in [2.05, 4.69) is 31.9 Å². The Labute approximate surface area is 136 Å². The van der Waals surface area contributed by atoms with Gasteiger partial charge in [-0.15, -0.1) is 0 Å². The van der Waals surface area contributed by atoms with Gasteiger partial charge in [0.05, 0.1) is 11.3 Å². The normalized spacial score (nSPS) is 10.5. The van der Waals surface area contributed by atoms with E-state index in [1.165, 1.54) is 18.2 Å². The van der Waals surface area contributed by atoms with E-state index in [0.717, 1.165) is 6.07 Å². The molecule has 0 bridgehead atoms. The highest BCUT2D eigenvalue weighted by Crippen LogP contribution is 2.24. The number of anilines is 1. The number of carbonyl (C=O) groups is 1. The zero-order chi connectivity index (χ0) is 15.6. The molecule has 0 spiro atoms. The van der Waals surface area contributed by atoms with Crippen LogP contribution in [0, 0.1) is 11.6 Å². The van der Waals surface area contributed by atoms with Crippen LogP contribution in [0.1, 0.15) is 15.9 Å². The minimum Gasteiger partial charge on any atom is -0.457 e. The number of benzene rings is 2. The second-order valence-electron chi connectivity index (χ2n) is 4.17. The molecule has 0 fully saturated rings. The maximum atomic E-state index is 13.6. The van der Waals surface area contributed by atoms with E-state index in [4.69, 9.17) is 10.5 Å². The molecule has 21 heavy (non-hydrogen) atoms. The molecule has 3 nitrogen and oxygen atoms in total. The van der Waals surface area contributed by atoms with Crippen molar-refractivity contribution in [2.24, 2.45) is 0 Å². The monoisotopic (exact) mass is 419 g/mol. The van der Waals surface area contributed by atoms with Crippen LogP contribution in [-0.4, -0.2) is 5.97 Å². The third-order valence-corrected chi connectivity index (χ3v) is 3.83. The molecule has 0 heterocycles. The van der Waals surface area contributed by atoms with Crippen LogP contribution in [0.25, 0.3) is 0 Å². The molecule has 0 aliphatic rings. The molecule has 0 saturated heterocycles. The zero-order valence-electron chi connectivity index (χ0n) is 10.5. The highest BCUT2D eigenvalue weighted by atomic mass is 79.9. The van der Waals surface area contributed by atoms with Crippen molar-refractivity contribution in [3.8, 4) is 0 Å². The third-order valence-electron chi connectivity index (χ3n) is 2.68. The molecule has 2 aromatic carbocycles. The lowest BCUT2D eigenvalue weighted by atomic mass is 10.2. The number of carbonyl (C=O) groups excluding carboxylic acids is 1. The number of hydrogen-bond donors (Lipinski definition) is 1. The lowest BCUT2D eigenvalue weighted by Gasteiger charge is -2.08. The van der Waals surface area contributed by atoms with Crippen LogP contribution in [0.3, 0.4) is 0 Å². The Morgan fingerprint density at radius 3 is 2.52 bits per heavy atom. The van der Waals surface area contributed by atoms with E-state index in [0.29, 0.717) is 4.47 Å². The van der Waals surface area contributed by atoms with Gasteiger partial charge in [0.25, 0.3) is 0 Å². The van der Waals surface area contributed by atoms with Crippen molar-refractivity contribution < 1.29 is 18.3 Å². The van der Waals surface area contributed by atoms with Gasteiger partial charge in [-0.1, -0.05) is 22.0 Å². The molecule has 0 atom stereocenters. The number of rotatable bonds is 3. The quantitative estimate of drug-likeness (QED) is 0.590. The van der Waals surface area contributed by atoms with E-state index < -0.39 is 17.6 Å². The first-order valence-electron chi connectivity index (χ1n) is 5.74. The fourth-order valence-corrected chi connectivity index (χ4v) is 2.39. The second-order valence-corrected chi connectivity index (χ2v) is 5.94. The third kappa shape index (κ3) is 3.79. The Hall–Kier alpha value is -1.47. The van der Waals surface area contributed by atoms with Crippen molar-refractivity contribution in [3.05, 3.63) is 62.0 Å². The van der Waals surface area contributed by atoms with E-state index in [1.54, 1.807) is 6.07 Å². The van der Waals surface area contributed by atoms with Crippen molar-refractivity contribution in [3.63, 3.8) is 0 Å². The number of nitrogen functional groups attached to an aromatic ring is 1. The Morgan fingerprint density at radius 1 is 1.14 bits per heavy atom. The number of ether oxygens (including phenoxy) is 1. The van der Waals surface area contributed by atoms with Crippen LogP contribution in [0.5, 0.6) is 0 Å². The van der Waals surface area contributed by atoms with Crippen molar-refractivity contribution >= 4 is 43.5 Å². The van der Waals surface area contributed by atoms with Gasteiger partial charge in [0.1, 0.15) is 18.2 Å². The van der Waals surface area contributed by atoms with Gasteiger partial charge in [0.15, 0.2) is 0 Å². The van der Waals surface area contributed by atoms with Crippen LogP contribution in [0.4, 0.5) is 14.5 Å². The van der Waals surface area contributed by atoms with Gasteiger partial charge in [0.2, 0.25) is 0 Å². The van der Waals surface area contributed by atoms with Gasteiger partial charge in [-0.05, 0) is 40.2 Å². The van der Waals surface area contributed by atoms with E-state index in [1.807, 2.05) is 0 Å². The lowest BCUT2D eigenvalue weighted by molar-refractivity contribution is 0.0468. The van der Waals surface area contributed by atoms with Crippen molar-refractivity contribution in [2.75, 3.05) is 5.73 Å². The Bertz CT molecular complexity index is 708. The van der Waals surface area contributed by atoms with Crippen LogP contribution < -0.4 is 5.73 Å². The molecule has 0 aliphatic carbocycles. The van der Waals surface area contributed by atoms with Crippen LogP contribution in [0.15, 0.2) is 39.3 Å². The zero-order valence-corrected chi connectivity index (χ0v) is 13.7. The molecule has 0 unspecified atom stereocenters. The molecule has 0 amide bonds. The van der Waals surface area contributed by atoms with Crippen molar-refractivity contribution in [1.82, 2.24) is 0 Å². The molecule has 2 rings (SSSR count). The summed E-state index contributed by atoms with van der Waals surface area (Å²) in [6.07, 6.45) is 0. The second kappa shape index (κ2) is 6.53. The van der Waals surface area contributed by atoms with Crippen LogP contribution >= 0.6 is 31.9 Å². The number of halogens is 4. The summed E-state index contributed by atoms with van der Waals surface area (Å²) in [6.45, 7) is -0.234. The van der Waals surface area contributed by atoms with Gasteiger partial charge >= 0.3 is 5.97 Å². The number of hydrogen-bond acceptors (Lipinski definition) is 3. The first kappa shape index (κ1) is 15.9. The highest BCUT2D eigenvalue weighted by molar-refractivity contribution is 9.10.